The summed E-state index contributed by atoms with van der Waals surface area (Å²) < 4.78 is 13.5. The molecule has 1 aliphatic rings. The Kier molecular flexibility index (Phi) is 3.51. The maximum Gasteiger partial charge on any atom is 0.148 e. The minimum atomic E-state index is -0.141. The number of aliphatic hydroxyl groups is 1. The van der Waals surface area contributed by atoms with Crippen LogP contribution in [-0.4, -0.2) is 39.4 Å². The molecule has 3 aromatic heterocycles. The number of hydrogen-bond acceptors (Lipinski definition) is 6. The van der Waals surface area contributed by atoms with Crippen molar-refractivity contribution in [3.05, 3.63) is 30.9 Å². The summed E-state index contributed by atoms with van der Waals surface area (Å²) in [5.41, 5.74) is 1.71. The van der Waals surface area contributed by atoms with Gasteiger partial charge in [-0.15, -0.1) is 0 Å². The summed E-state index contributed by atoms with van der Waals surface area (Å²) in [5.74, 6) is 1.51. The second-order valence-corrected chi connectivity index (χ2v) is 5.57. The van der Waals surface area contributed by atoms with Gasteiger partial charge in [0, 0.05) is 18.8 Å². The molecule has 1 fully saturated rings. The largest absolute Gasteiger partial charge is 0.464 e. The molecule has 0 amide bonds. The third-order valence-corrected chi connectivity index (χ3v) is 4.23. The maximum atomic E-state index is 9.30. The standard InChI is InChI=1S/C16H18N4O3/c1-17-15-14-11(12-3-2-6-22-12)7-20(16(14)19-9-18-15)13-5-4-10(8-21)23-13/h2-3,6-7,9-10,13,21H,4-5,8H2,1H3,(H,17,18,19). The van der Waals surface area contributed by atoms with E-state index >= 15 is 0 Å². The molecule has 0 bridgehead atoms. The first-order valence-corrected chi connectivity index (χ1v) is 7.65. The number of nitrogens with one attached hydrogen (secondary N) is 1. The molecule has 2 N–H and O–H groups in total. The number of furan rings is 1. The number of anilines is 1. The van der Waals surface area contributed by atoms with E-state index in [1.807, 2.05) is 29.9 Å². The molecule has 23 heavy (non-hydrogen) atoms. The highest BCUT2D eigenvalue weighted by Gasteiger charge is 2.29. The molecule has 0 aliphatic carbocycles. The van der Waals surface area contributed by atoms with E-state index in [2.05, 4.69) is 15.3 Å². The number of ether oxygens (including phenoxy) is 1. The molecule has 4 rings (SSSR count). The third-order valence-electron chi connectivity index (χ3n) is 4.23. The molecule has 0 spiro atoms. The molecule has 2 unspecified atom stereocenters. The molecule has 7 nitrogen and oxygen atoms in total. The van der Waals surface area contributed by atoms with Crippen LogP contribution in [0.5, 0.6) is 0 Å². The number of rotatable bonds is 4. The topological polar surface area (TPSA) is 85.3 Å². The predicted molar refractivity (Wildman–Crippen MR) is 85.0 cm³/mol. The van der Waals surface area contributed by atoms with Crippen molar-refractivity contribution in [1.29, 1.82) is 0 Å². The predicted octanol–water partition coefficient (Wildman–Crippen LogP) is 2.40. The summed E-state index contributed by atoms with van der Waals surface area (Å²) in [6.45, 7) is 0.0392. The molecular formula is C16H18N4O3. The summed E-state index contributed by atoms with van der Waals surface area (Å²) >= 11 is 0. The number of hydrogen-bond donors (Lipinski definition) is 2. The lowest BCUT2D eigenvalue weighted by Gasteiger charge is -2.14. The first kappa shape index (κ1) is 14.2. The van der Waals surface area contributed by atoms with Crippen molar-refractivity contribution in [2.75, 3.05) is 19.0 Å². The Labute approximate surface area is 132 Å². The fraction of sp³-hybridized carbons (Fsp3) is 0.375. The summed E-state index contributed by atoms with van der Waals surface area (Å²) in [4.78, 5) is 8.75. The van der Waals surface area contributed by atoms with Crippen LogP contribution >= 0.6 is 0 Å². The van der Waals surface area contributed by atoms with E-state index in [1.54, 1.807) is 6.26 Å². The number of aromatic nitrogens is 3. The maximum absolute atomic E-state index is 9.30. The molecule has 7 heteroatoms. The van der Waals surface area contributed by atoms with E-state index in [9.17, 15) is 5.11 Å². The van der Waals surface area contributed by atoms with Crippen LogP contribution in [0.2, 0.25) is 0 Å². The lowest BCUT2D eigenvalue weighted by molar-refractivity contribution is -0.0204. The van der Waals surface area contributed by atoms with Crippen molar-refractivity contribution in [2.45, 2.75) is 25.2 Å². The average Bonchev–Trinajstić information content (AvgIpc) is 3.31. The Balaban J connectivity index is 1.89. The Morgan fingerprint density at radius 2 is 2.30 bits per heavy atom. The Bertz CT molecular complexity index is 812. The van der Waals surface area contributed by atoms with E-state index in [1.165, 1.54) is 6.33 Å². The molecular weight excluding hydrogens is 296 g/mol. The summed E-state index contributed by atoms with van der Waals surface area (Å²) in [5, 5.41) is 13.3. The fourth-order valence-corrected chi connectivity index (χ4v) is 3.14. The average molecular weight is 314 g/mol. The number of aliphatic hydroxyl groups excluding tert-OH is 1. The number of nitrogens with zero attached hydrogens (tertiary/aromatic N) is 3. The first-order valence-electron chi connectivity index (χ1n) is 7.65. The molecule has 1 saturated heterocycles. The van der Waals surface area contributed by atoms with E-state index in [-0.39, 0.29) is 18.9 Å². The fourth-order valence-electron chi connectivity index (χ4n) is 3.14. The minimum absolute atomic E-state index is 0.0392. The lowest BCUT2D eigenvalue weighted by Crippen LogP contribution is -2.14. The van der Waals surface area contributed by atoms with E-state index in [0.29, 0.717) is 0 Å². The highest BCUT2D eigenvalue weighted by atomic mass is 16.5. The molecule has 4 heterocycles. The van der Waals surface area contributed by atoms with Gasteiger partial charge in [0.15, 0.2) is 0 Å². The molecule has 0 radical (unpaired) electrons. The van der Waals surface area contributed by atoms with Gasteiger partial charge in [0.2, 0.25) is 0 Å². The highest BCUT2D eigenvalue weighted by molar-refractivity contribution is 6.00. The molecule has 3 aromatic rings. The van der Waals surface area contributed by atoms with Gasteiger partial charge in [0.05, 0.1) is 24.4 Å². The van der Waals surface area contributed by atoms with Crippen LogP contribution in [0.1, 0.15) is 19.1 Å². The quantitative estimate of drug-likeness (QED) is 0.769. The van der Waals surface area contributed by atoms with Gasteiger partial charge in [0.1, 0.15) is 29.8 Å². The lowest BCUT2D eigenvalue weighted by atomic mass is 10.2. The normalized spacial score (nSPS) is 21.1. The van der Waals surface area contributed by atoms with Crippen molar-refractivity contribution >= 4 is 16.9 Å². The van der Waals surface area contributed by atoms with Crippen molar-refractivity contribution in [1.82, 2.24) is 14.5 Å². The van der Waals surface area contributed by atoms with Crippen LogP contribution in [0.4, 0.5) is 5.82 Å². The molecule has 2 atom stereocenters. The molecule has 1 aliphatic heterocycles. The van der Waals surface area contributed by atoms with Crippen molar-refractivity contribution < 1.29 is 14.3 Å². The molecule has 0 saturated carbocycles. The number of fused-ring (bicyclic) bond motifs is 1. The van der Waals surface area contributed by atoms with Crippen LogP contribution in [0, 0.1) is 0 Å². The van der Waals surface area contributed by atoms with Crippen LogP contribution in [0.3, 0.4) is 0 Å². The van der Waals surface area contributed by atoms with E-state index in [4.69, 9.17) is 9.15 Å². The first-order chi connectivity index (χ1) is 11.3. The zero-order chi connectivity index (χ0) is 15.8. The van der Waals surface area contributed by atoms with E-state index in [0.717, 1.165) is 41.0 Å². The Morgan fingerprint density at radius 1 is 1.39 bits per heavy atom. The zero-order valence-corrected chi connectivity index (χ0v) is 12.8. The summed E-state index contributed by atoms with van der Waals surface area (Å²) in [7, 11) is 1.83. The van der Waals surface area contributed by atoms with Crippen molar-refractivity contribution in [2.24, 2.45) is 0 Å². The SMILES string of the molecule is CNc1ncnc2c1c(-c1ccco1)cn2C1CCC(CO)O1. The van der Waals surface area contributed by atoms with E-state index < -0.39 is 0 Å². The summed E-state index contributed by atoms with van der Waals surface area (Å²) in [6.07, 6.45) is 6.59. The molecule has 120 valence electrons. The third kappa shape index (κ3) is 2.29. The monoisotopic (exact) mass is 314 g/mol. The van der Waals surface area contributed by atoms with Gasteiger partial charge in [-0.2, -0.15) is 0 Å². The Hall–Kier alpha value is -2.38. The van der Waals surface area contributed by atoms with Gasteiger partial charge in [-0.3, -0.25) is 0 Å². The zero-order valence-electron chi connectivity index (χ0n) is 12.8. The van der Waals surface area contributed by atoms with Crippen LogP contribution in [-0.2, 0) is 4.74 Å². The Morgan fingerprint density at radius 3 is 3.00 bits per heavy atom. The van der Waals surface area contributed by atoms with Gasteiger partial charge in [-0.1, -0.05) is 0 Å². The van der Waals surface area contributed by atoms with Crippen LogP contribution in [0.15, 0.2) is 35.3 Å². The van der Waals surface area contributed by atoms with Crippen LogP contribution in [0.25, 0.3) is 22.4 Å². The van der Waals surface area contributed by atoms with Crippen molar-refractivity contribution in [3.63, 3.8) is 0 Å². The van der Waals surface area contributed by atoms with Gasteiger partial charge in [0.25, 0.3) is 0 Å². The summed E-state index contributed by atoms with van der Waals surface area (Å²) in [6, 6.07) is 3.77. The highest BCUT2D eigenvalue weighted by Crippen LogP contribution is 2.38. The minimum Gasteiger partial charge on any atom is -0.464 e. The van der Waals surface area contributed by atoms with Crippen molar-refractivity contribution in [3.8, 4) is 11.3 Å². The second kappa shape index (κ2) is 5.68. The second-order valence-electron chi connectivity index (χ2n) is 5.57. The smallest absolute Gasteiger partial charge is 0.148 e. The van der Waals surface area contributed by atoms with Gasteiger partial charge < -0.3 is 24.1 Å². The van der Waals surface area contributed by atoms with Gasteiger partial charge >= 0.3 is 0 Å². The molecule has 0 aromatic carbocycles. The van der Waals surface area contributed by atoms with Crippen LogP contribution < -0.4 is 5.32 Å². The van der Waals surface area contributed by atoms with Gasteiger partial charge in [-0.05, 0) is 25.0 Å². The van der Waals surface area contributed by atoms with Gasteiger partial charge in [-0.25, -0.2) is 9.97 Å².